The largest absolute Gasteiger partial charge is 0.508 e. The Bertz CT molecular complexity index is 1430. The molecule has 0 saturated heterocycles. The average molecular weight is 436 g/mol. The van der Waals surface area contributed by atoms with Gasteiger partial charge in [-0.15, -0.1) is 0 Å². The fourth-order valence-electron chi connectivity index (χ4n) is 3.92. The van der Waals surface area contributed by atoms with Crippen molar-refractivity contribution in [3.8, 4) is 5.75 Å². The Hall–Kier alpha value is -3.64. The fraction of sp³-hybridized carbons (Fsp3) is 0.0833. The third-order valence-electron chi connectivity index (χ3n) is 5.47. The van der Waals surface area contributed by atoms with E-state index >= 15 is 0 Å². The van der Waals surface area contributed by atoms with Gasteiger partial charge < -0.3 is 9.52 Å². The maximum Gasteiger partial charge on any atom is 0.295 e. The first-order valence-electron chi connectivity index (χ1n) is 9.50. The molecule has 1 N–H and O–H groups in total. The van der Waals surface area contributed by atoms with Gasteiger partial charge in [-0.1, -0.05) is 29.8 Å². The summed E-state index contributed by atoms with van der Waals surface area (Å²) >= 11 is 6.30. The smallest absolute Gasteiger partial charge is 0.295 e. The summed E-state index contributed by atoms with van der Waals surface area (Å²) in [5.74, 6) is -1.13. The van der Waals surface area contributed by atoms with Crippen LogP contribution in [0, 0.1) is 12.7 Å². The van der Waals surface area contributed by atoms with Crippen molar-refractivity contribution in [1.29, 1.82) is 0 Å². The van der Waals surface area contributed by atoms with Gasteiger partial charge in [0, 0.05) is 10.7 Å². The number of benzene rings is 3. The van der Waals surface area contributed by atoms with Crippen molar-refractivity contribution >= 4 is 34.2 Å². The molecule has 0 radical (unpaired) electrons. The van der Waals surface area contributed by atoms with Crippen LogP contribution < -0.4 is 10.3 Å². The number of anilines is 1. The number of nitrogens with zero attached hydrogens (tertiary/aromatic N) is 1. The van der Waals surface area contributed by atoms with Gasteiger partial charge in [0.05, 0.1) is 17.0 Å². The molecular formula is C24H15ClFNO4. The molecule has 2 heterocycles. The maximum absolute atomic E-state index is 13.8. The van der Waals surface area contributed by atoms with Crippen LogP contribution in [0.1, 0.15) is 33.3 Å². The van der Waals surface area contributed by atoms with Gasteiger partial charge in [0.25, 0.3) is 5.91 Å². The van der Waals surface area contributed by atoms with Crippen LogP contribution in [0.2, 0.25) is 5.02 Å². The minimum Gasteiger partial charge on any atom is -0.508 e. The van der Waals surface area contributed by atoms with E-state index in [4.69, 9.17) is 16.0 Å². The number of phenolic OH excluding ortho intramolecular Hbond substituents is 1. The van der Waals surface area contributed by atoms with Crippen molar-refractivity contribution in [1.82, 2.24) is 0 Å². The van der Waals surface area contributed by atoms with Crippen LogP contribution in [0.4, 0.5) is 10.1 Å². The predicted molar refractivity (Wildman–Crippen MR) is 115 cm³/mol. The molecule has 1 aliphatic rings. The first-order valence-corrected chi connectivity index (χ1v) is 9.88. The molecule has 0 spiro atoms. The first kappa shape index (κ1) is 19.3. The molecule has 1 amide bonds. The number of phenols is 1. The number of carbonyl (C=O) groups excluding carboxylic acids is 1. The second-order valence-electron chi connectivity index (χ2n) is 7.42. The lowest BCUT2D eigenvalue weighted by Crippen LogP contribution is -2.29. The minimum absolute atomic E-state index is 0.0471. The van der Waals surface area contributed by atoms with Crippen molar-refractivity contribution in [2.45, 2.75) is 13.0 Å². The van der Waals surface area contributed by atoms with E-state index in [9.17, 15) is 19.1 Å². The molecule has 5 nitrogen and oxygen atoms in total. The molecular weight excluding hydrogens is 421 g/mol. The topological polar surface area (TPSA) is 70.8 Å². The molecule has 1 aliphatic heterocycles. The summed E-state index contributed by atoms with van der Waals surface area (Å²) in [5, 5.41) is 10.2. The van der Waals surface area contributed by atoms with Crippen LogP contribution in [0.5, 0.6) is 5.75 Å². The number of aryl methyl sites for hydroxylation is 1. The molecule has 1 unspecified atom stereocenters. The molecule has 1 atom stereocenters. The highest BCUT2D eigenvalue weighted by Gasteiger charge is 2.43. The third-order valence-corrected chi connectivity index (χ3v) is 5.88. The Morgan fingerprint density at radius 1 is 1.03 bits per heavy atom. The molecule has 5 rings (SSSR count). The van der Waals surface area contributed by atoms with Gasteiger partial charge >= 0.3 is 0 Å². The molecule has 154 valence electrons. The Kier molecular flexibility index (Phi) is 4.34. The normalized spacial score (nSPS) is 15.5. The van der Waals surface area contributed by atoms with Crippen molar-refractivity contribution in [2.24, 2.45) is 0 Å². The van der Waals surface area contributed by atoms with Crippen LogP contribution in [0.3, 0.4) is 0 Å². The van der Waals surface area contributed by atoms with E-state index in [1.807, 2.05) is 6.92 Å². The van der Waals surface area contributed by atoms with Gasteiger partial charge in [-0.25, -0.2) is 4.39 Å². The monoisotopic (exact) mass is 435 g/mol. The summed E-state index contributed by atoms with van der Waals surface area (Å²) in [6, 6.07) is 14.1. The van der Waals surface area contributed by atoms with Gasteiger partial charge in [0.1, 0.15) is 17.1 Å². The number of fused-ring (bicyclic) bond motifs is 2. The Labute approximate surface area is 180 Å². The van der Waals surface area contributed by atoms with Crippen molar-refractivity contribution in [2.75, 3.05) is 4.90 Å². The van der Waals surface area contributed by atoms with Crippen molar-refractivity contribution < 1.29 is 18.7 Å². The van der Waals surface area contributed by atoms with Crippen LogP contribution >= 0.6 is 11.6 Å². The van der Waals surface area contributed by atoms with Crippen LogP contribution in [-0.4, -0.2) is 11.0 Å². The number of rotatable bonds is 2. The van der Waals surface area contributed by atoms with Gasteiger partial charge in [-0.2, -0.15) is 0 Å². The van der Waals surface area contributed by atoms with E-state index in [-0.39, 0.29) is 28.0 Å². The van der Waals surface area contributed by atoms with Crippen LogP contribution in [0.25, 0.3) is 11.0 Å². The molecule has 0 bridgehead atoms. The SMILES string of the molecule is Cc1ccc(N2C(=O)c3oc4ccc(F)cc4c(=O)c3C2c2ccc(O)cc2)cc1Cl. The predicted octanol–water partition coefficient (Wildman–Crippen LogP) is 5.35. The summed E-state index contributed by atoms with van der Waals surface area (Å²) in [6.07, 6.45) is 0. The second-order valence-corrected chi connectivity index (χ2v) is 7.82. The Balaban J connectivity index is 1.82. The molecule has 0 fully saturated rings. The first-order chi connectivity index (χ1) is 14.8. The number of amides is 1. The van der Waals surface area contributed by atoms with E-state index in [2.05, 4.69) is 0 Å². The molecule has 7 heteroatoms. The Morgan fingerprint density at radius 2 is 1.77 bits per heavy atom. The zero-order chi connectivity index (χ0) is 21.9. The summed E-state index contributed by atoms with van der Waals surface area (Å²) < 4.78 is 19.6. The number of hydrogen-bond acceptors (Lipinski definition) is 4. The highest BCUT2D eigenvalue weighted by atomic mass is 35.5. The zero-order valence-corrected chi connectivity index (χ0v) is 17.0. The number of carbonyl (C=O) groups is 1. The van der Waals surface area contributed by atoms with E-state index < -0.39 is 23.2 Å². The van der Waals surface area contributed by atoms with Gasteiger partial charge in [0.2, 0.25) is 5.76 Å². The maximum atomic E-state index is 13.8. The molecule has 4 aromatic rings. The second kappa shape index (κ2) is 6.96. The summed E-state index contributed by atoms with van der Waals surface area (Å²) in [7, 11) is 0. The Morgan fingerprint density at radius 3 is 2.48 bits per heavy atom. The molecule has 31 heavy (non-hydrogen) atoms. The average Bonchev–Trinajstić information content (AvgIpc) is 3.04. The lowest BCUT2D eigenvalue weighted by Gasteiger charge is -2.25. The summed E-state index contributed by atoms with van der Waals surface area (Å²) in [4.78, 5) is 28.3. The minimum atomic E-state index is -0.828. The van der Waals surface area contributed by atoms with Crippen molar-refractivity contribution in [3.05, 3.63) is 104 Å². The van der Waals surface area contributed by atoms with E-state index in [1.54, 1.807) is 30.3 Å². The van der Waals surface area contributed by atoms with Crippen LogP contribution in [0.15, 0.2) is 69.9 Å². The lowest BCUT2D eigenvalue weighted by molar-refractivity contribution is 0.0971. The standard InChI is InChI=1S/C24H15ClFNO4/c1-12-2-6-15(11-18(12)25)27-21(13-3-7-16(28)8-4-13)20-22(29)17-10-14(26)5-9-19(17)31-23(20)24(27)30/h2-11,21,28H,1H3. The summed E-state index contributed by atoms with van der Waals surface area (Å²) in [5.41, 5.74) is 1.68. The van der Waals surface area contributed by atoms with Crippen molar-refractivity contribution in [3.63, 3.8) is 0 Å². The van der Waals surface area contributed by atoms with Gasteiger partial charge in [-0.05, 0) is 60.5 Å². The van der Waals surface area contributed by atoms with Crippen LogP contribution in [-0.2, 0) is 0 Å². The van der Waals surface area contributed by atoms with Gasteiger partial charge in [-0.3, -0.25) is 14.5 Å². The zero-order valence-electron chi connectivity index (χ0n) is 16.2. The molecule has 1 aromatic heterocycles. The highest BCUT2D eigenvalue weighted by molar-refractivity contribution is 6.31. The molecule has 0 saturated carbocycles. The number of aromatic hydroxyl groups is 1. The third kappa shape index (κ3) is 2.99. The number of halogens is 2. The molecule has 0 aliphatic carbocycles. The highest BCUT2D eigenvalue weighted by Crippen LogP contribution is 2.42. The fourth-order valence-corrected chi connectivity index (χ4v) is 4.09. The van der Waals surface area contributed by atoms with E-state index in [0.717, 1.165) is 11.6 Å². The lowest BCUT2D eigenvalue weighted by atomic mass is 9.98. The van der Waals surface area contributed by atoms with Gasteiger partial charge in [0.15, 0.2) is 5.43 Å². The quantitative estimate of drug-likeness (QED) is 0.460. The van der Waals surface area contributed by atoms with E-state index in [1.165, 1.54) is 29.2 Å². The van der Waals surface area contributed by atoms with E-state index in [0.29, 0.717) is 16.3 Å². The number of hydrogen-bond donors (Lipinski definition) is 1. The summed E-state index contributed by atoms with van der Waals surface area (Å²) in [6.45, 7) is 1.84. The molecule has 3 aromatic carbocycles.